The fourth-order valence-corrected chi connectivity index (χ4v) is 2.41. The Morgan fingerprint density at radius 3 is 2.86 bits per heavy atom. The summed E-state index contributed by atoms with van der Waals surface area (Å²) in [4.78, 5) is 4.35. The minimum Gasteiger partial charge on any atom is -0.301 e. The smallest absolute Gasteiger partial charge is 0.156 e. The molecule has 0 saturated carbocycles. The summed E-state index contributed by atoms with van der Waals surface area (Å²) in [5, 5.41) is 0.557. The van der Waals surface area contributed by atoms with E-state index in [1.807, 2.05) is 22.7 Å². The highest BCUT2D eigenvalue weighted by Crippen LogP contribution is 2.28. The van der Waals surface area contributed by atoms with Crippen molar-refractivity contribution in [3.63, 3.8) is 0 Å². The van der Waals surface area contributed by atoms with E-state index >= 15 is 0 Å². The van der Waals surface area contributed by atoms with Crippen molar-refractivity contribution < 1.29 is 0 Å². The highest BCUT2D eigenvalue weighted by molar-refractivity contribution is 9.10. The molecule has 2 aromatic rings. The van der Waals surface area contributed by atoms with E-state index in [0.717, 1.165) is 15.8 Å². The molecule has 0 unspecified atom stereocenters. The lowest BCUT2D eigenvalue weighted by atomic mass is 10.2. The van der Waals surface area contributed by atoms with Crippen LogP contribution in [0.2, 0.25) is 5.15 Å². The molecule has 0 spiro atoms. The molecule has 0 aliphatic carbocycles. The number of halogens is 2. The van der Waals surface area contributed by atoms with Gasteiger partial charge >= 0.3 is 0 Å². The Labute approximate surface area is 96.0 Å². The molecule has 0 aromatic carbocycles. The van der Waals surface area contributed by atoms with Gasteiger partial charge in [-0.2, -0.15) is 0 Å². The minimum absolute atomic E-state index is 0.365. The molecule has 0 bridgehead atoms. The highest BCUT2D eigenvalue weighted by atomic mass is 79.9. The zero-order chi connectivity index (χ0) is 10.3. The molecular formula is C10H10BrClN2. The zero-order valence-electron chi connectivity index (χ0n) is 7.96. The molecule has 0 saturated heterocycles. The molecular weight excluding hydrogens is 263 g/mol. The van der Waals surface area contributed by atoms with Gasteiger partial charge in [-0.25, -0.2) is 4.98 Å². The normalized spacial score (nSPS) is 11.5. The van der Waals surface area contributed by atoms with Crippen LogP contribution >= 0.6 is 27.5 Å². The van der Waals surface area contributed by atoms with Crippen LogP contribution in [0.1, 0.15) is 25.6 Å². The zero-order valence-corrected chi connectivity index (χ0v) is 10.3. The van der Waals surface area contributed by atoms with Crippen molar-refractivity contribution >= 4 is 33.0 Å². The number of hydrogen-bond acceptors (Lipinski definition) is 1. The summed E-state index contributed by atoms with van der Waals surface area (Å²) in [6, 6.07) is 3.94. The molecule has 0 radical (unpaired) electrons. The molecule has 2 aromatic heterocycles. The molecule has 0 amide bonds. The van der Waals surface area contributed by atoms with Crippen molar-refractivity contribution in [1.82, 2.24) is 9.38 Å². The fraction of sp³-hybridized carbons (Fsp3) is 0.300. The van der Waals surface area contributed by atoms with Gasteiger partial charge in [-0.3, -0.25) is 0 Å². The van der Waals surface area contributed by atoms with Crippen LogP contribution in [-0.2, 0) is 0 Å². The van der Waals surface area contributed by atoms with E-state index in [4.69, 9.17) is 11.6 Å². The molecule has 2 rings (SSSR count). The van der Waals surface area contributed by atoms with Crippen molar-refractivity contribution in [1.29, 1.82) is 0 Å². The Bertz CT molecular complexity index is 476. The van der Waals surface area contributed by atoms with E-state index in [2.05, 4.69) is 34.8 Å². The second-order valence-electron chi connectivity index (χ2n) is 3.49. The third-order valence-corrected chi connectivity index (χ3v) is 3.02. The quantitative estimate of drug-likeness (QED) is 0.771. The van der Waals surface area contributed by atoms with Crippen molar-refractivity contribution in [3.05, 3.63) is 33.8 Å². The lowest BCUT2D eigenvalue weighted by Gasteiger charge is -2.03. The maximum absolute atomic E-state index is 6.07. The predicted octanol–water partition coefficient (Wildman–Crippen LogP) is 3.87. The third-order valence-electron chi connectivity index (χ3n) is 2.12. The van der Waals surface area contributed by atoms with E-state index in [-0.39, 0.29) is 0 Å². The number of fused-ring (bicyclic) bond motifs is 1. The second-order valence-corrected chi connectivity index (χ2v) is 4.70. The maximum atomic E-state index is 6.07. The highest BCUT2D eigenvalue weighted by Gasteiger charge is 2.13. The molecule has 0 N–H and O–H groups in total. The summed E-state index contributed by atoms with van der Waals surface area (Å²) >= 11 is 9.53. The van der Waals surface area contributed by atoms with Gasteiger partial charge in [0.1, 0.15) is 5.82 Å². The molecule has 4 heteroatoms. The van der Waals surface area contributed by atoms with Gasteiger partial charge in [0.15, 0.2) is 5.15 Å². The number of rotatable bonds is 1. The SMILES string of the molecule is CC(C)c1nc(Cl)c2c(Br)cccn12. The van der Waals surface area contributed by atoms with Crippen LogP contribution in [0.5, 0.6) is 0 Å². The first-order valence-electron chi connectivity index (χ1n) is 4.43. The largest absolute Gasteiger partial charge is 0.301 e. The standard InChI is InChI=1S/C10H10BrClN2/c1-6(2)10-13-9(12)8-7(11)4-3-5-14(8)10/h3-6H,1-2H3. The van der Waals surface area contributed by atoms with Crippen LogP contribution in [-0.4, -0.2) is 9.38 Å². The van der Waals surface area contributed by atoms with Gasteiger partial charge in [0.25, 0.3) is 0 Å². The van der Waals surface area contributed by atoms with Crippen LogP contribution < -0.4 is 0 Å². The Morgan fingerprint density at radius 1 is 1.50 bits per heavy atom. The van der Waals surface area contributed by atoms with Crippen molar-refractivity contribution in [3.8, 4) is 0 Å². The lowest BCUT2D eigenvalue weighted by molar-refractivity contribution is 0.770. The summed E-state index contributed by atoms with van der Waals surface area (Å²) in [6.45, 7) is 4.21. The van der Waals surface area contributed by atoms with Crippen LogP contribution in [0.3, 0.4) is 0 Å². The topological polar surface area (TPSA) is 17.3 Å². The first kappa shape index (κ1) is 9.99. The summed E-state index contributed by atoms with van der Waals surface area (Å²) in [5.74, 6) is 1.36. The molecule has 0 aliphatic rings. The lowest BCUT2D eigenvalue weighted by Crippen LogP contribution is -1.96. The van der Waals surface area contributed by atoms with E-state index < -0.39 is 0 Å². The van der Waals surface area contributed by atoms with Gasteiger partial charge < -0.3 is 4.40 Å². The van der Waals surface area contributed by atoms with Crippen LogP contribution in [0.4, 0.5) is 0 Å². The molecule has 0 aliphatic heterocycles. The van der Waals surface area contributed by atoms with E-state index in [0.29, 0.717) is 11.1 Å². The van der Waals surface area contributed by atoms with Gasteiger partial charge in [-0.15, -0.1) is 0 Å². The predicted molar refractivity (Wildman–Crippen MR) is 62.0 cm³/mol. The first-order chi connectivity index (χ1) is 6.61. The number of nitrogens with zero attached hydrogens (tertiary/aromatic N) is 2. The van der Waals surface area contributed by atoms with Crippen LogP contribution in [0.15, 0.2) is 22.8 Å². The first-order valence-corrected chi connectivity index (χ1v) is 5.60. The van der Waals surface area contributed by atoms with Crippen molar-refractivity contribution in [2.45, 2.75) is 19.8 Å². The number of imidazole rings is 1. The molecule has 74 valence electrons. The Kier molecular flexibility index (Phi) is 2.54. The monoisotopic (exact) mass is 272 g/mol. The minimum atomic E-state index is 0.365. The van der Waals surface area contributed by atoms with E-state index in [9.17, 15) is 0 Å². The average Bonchev–Trinajstić information content (AvgIpc) is 2.45. The summed E-state index contributed by atoms with van der Waals surface area (Å²) < 4.78 is 3.00. The third kappa shape index (κ3) is 1.44. The Balaban J connectivity index is 2.84. The van der Waals surface area contributed by atoms with Crippen molar-refractivity contribution in [2.75, 3.05) is 0 Å². The number of hydrogen-bond donors (Lipinski definition) is 0. The summed E-state index contributed by atoms with van der Waals surface area (Å²) in [7, 11) is 0. The molecule has 2 heterocycles. The number of pyridine rings is 1. The van der Waals surface area contributed by atoms with E-state index in [1.54, 1.807) is 0 Å². The Morgan fingerprint density at radius 2 is 2.21 bits per heavy atom. The van der Waals surface area contributed by atoms with Gasteiger partial charge in [-0.1, -0.05) is 25.4 Å². The van der Waals surface area contributed by atoms with Gasteiger partial charge in [0.05, 0.1) is 5.52 Å². The molecule has 2 nitrogen and oxygen atoms in total. The summed E-state index contributed by atoms with van der Waals surface area (Å²) in [6.07, 6.45) is 1.98. The maximum Gasteiger partial charge on any atom is 0.156 e. The van der Waals surface area contributed by atoms with E-state index in [1.165, 1.54) is 0 Å². The second kappa shape index (κ2) is 3.55. The Hall–Kier alpha value is -0.540. The summed E-state index contributed by atoms with van der Waals surface area (Å²) in [5.41, 5.74) is 0.942. The number of aromatic nitrogens is 2. The van der Waals surface area contributed by atoms with Crippen molar-refractivity contribution in [2.24, 2.45) is 0 Å². The molecule has 0 atom stereocenters. The molecule has 14 heavy (non-hydrogen) atoms. The van der Waals surface area contributed by atoms with Gasteiger partial charge in [-0.05, 0) is 28.1 Å². The molecule has 0 fully saturated rings. The van der Waals surface area contributed by atoms with Gasteiger partial charge in [0, 0.05) is 16.6 Å². The average molecular weight is 274 g/mol. The van der Waals surface area contributed by atoms with Gasteiger partial charge in [0.2, 0.25) is 0 Å². The fourth-order valence-electron chi connectivity index (χ4n) is 1.49. The van der Waals surface area contributed by atoms with Crippen LogP contribution in [0, 0.1) is 0 Å². The van der Waals surface area contributed by atoms with Crippen LogP contribution in [0.25, 0.3) is 5.52 Å².